The van der Waals surface area contributed by atoms with Gasteiger partial charge in [0, 0.05) is 28.6 Å². The Morgan fingerprint density at radius 1 is 1.28 bits per heavy atom. The summed E-state index contributed by atoms with van der Waals surface area (Å²) in [4.78, 5) is 14.9. The van der Waals surface area contributed by atoms with E-state index in [1.165, 1.54) is 17.0 Å². The fourth-order valence-corrected chi connectivity index (χ4v) is 5.65. The molecule has 1 atom stereocenters. The van der Waals surface area contributed by atoms with Gasteiger partial charge in [0.2, 0.25) is 0 Å². The molecular weight excluding hydrogens is 417 g/mol. The second-order valence-corrected chi connectivity index (χ2v) is 9.98. The number of halogens is 2. The zero-order valence-electron chi connectivity index (χ0n) is 15.7. The molecule has 0 saturated carbocycles. The molecule has 1 aliphatic rings. The van der Waals surface area contributed by atoms with E-state index in [-0.39, 0.29) is 23.8 Å². The molecule has 0 radical (unpaired) electrons. The Labute approximate surface area is 173 Å². The summed E-state index contributed by atoms with van der Waals surface area (Å²) < 4.78 is 43.5. The molecular formula is C21H19ClFNO4S. The van der Waals surface area contributed by atoms with Crippen molar-refractivity contribution in [3.63, 3.8) is 0 Å². The molecule has 1 aliphatic heterocycles. The Kier molecular flexibility index (Phi) is 5.12. The van der Waals surface area contributed by atoms with Crippen LogP contribution < -0.4 is 0 Å². The van der Waals surface area contributed by atoms with E-state index in [0.717, 1.165) is 5.39 Å². The van der Waals surface area contributed by atoms with Gasteiger partial charge in [-0.05, 0) is 49.2 Å². The summed E-state index contributed by atoms with van der Waals surface area (Å²) in [5.41, 5.74) is 1.75. The van der Waals surface area contributed by atoms with Crippen LogP contribution in [0.2, 0.25) is 5.02 Å². The first-order valence-corrected chi connectivity index (χ1v) is 11.4. The molecule has 1 unspecified atom stereocenters. The van der Waals surface area contributed by atoms with E-state index in [2.05, 4.69) is 0 Å². The molecule has 0 bridgehead atoms. The fraction of sp³-hybridized carbons (Fsp3) is 0.286. The van der Waals surface area contributed by atoms with Gasteiger partial charge >= 0.3 is 0 Å². The number of hydrogen-bond acceptors (Lipinski definition) is 4. The highest BCUT2D eigenvalue weighted by Gasteiger charge is 2.36. The molecule has 152 valence electrons. The van der Waals surface area contributed by atoms with Crippen molar-refractivity contribution in [3.8, 4) is 0 Å². The highest BCUT2D eigenvalue weighted by Crippen LogP contribution is 2.30. The van der Waals surface area contributed by atoms with Crippen LogP contribution in [0.15, 0.2) is 46.9 Å². The topological polar surface area (TPSA) is 67.6 Å². The lowest BCUT2D eigenvalue weighted by Crippen LogP contribution is -2.40. The standard InChI is InChI=1S/C21H19ClFNO4S/c1-13-18-10-15(22)5-6-19(18)28-20(13)21(25)24(17-7-8-29(26,27)12-17)11-14-3-2-4-16(23)9-14/h2-6,9-10,17H,7-8,11-12H2,1H3. The number of sulfone groups is 1. The maximum atomic E-state index is 13.7. The van der Waals surface area contributed by atoms with Gasteiger partial charge in [0.25, 0.3) is 5.91 Å². The summed E-state index contributed by atoms with van der Waals surface area (Å²) in [6, 6.07) is 10.5. The summed E-state index contributed by atoms with van der Waals surface area (Å²) in [7, 11) is -3.21. The number of fused-ring (bicyclic) bond motifs is 1. The summed E-state index contributed by atoms with van der Waals surface area (Å²) in [6.07, 6.45) is 0.342. The van der Waals surface area contributed by atoms with Crippen molar-refractivity contribution in [3.05, 3.63) is 70.2 Å². The van der Waals surface area contributed by atoms with Crippen molar-refractivity contribution < 1.29 is 22.0 Å². The molecule has 29 heavy (non-hydrogen) atoms. The van der Waals surface area contributed by atoms with Gasteiger partial charge in [0.15, 0.2) is 15.6 Å². The number of aryl methyl sites for hydroxylation is 1. The van der Waals surface area contributed by atoms with Gasteiger partial charge in [0.1, 0.15) is 11.4 Å². The number of benzene rings is 2. The quantitative estimate of drug-likeness (QED) is 0.610. The van der Waals surface area contributed by atoms with Crippen LogP contribution in [0.5, 0.6) is 0 Å². The van der Waals surface area contributed by atoms with Gasteiger partial charge in [-0.3, -0.25) is 4.79 Å². The number of carbonyl (C=O) groups is 1. The Morgan fingerprint density at radius 3 is 2.76 bits per heavy atom. The lowest BCUT2D eigenvalue weighted by molar-refractivity contribution is 0.0649. The third kappa shape index (κ3) is 4.02. The second-order valence-electron chi connectivity index (χ2n) is 7.32. The van der Waals surface area contributed by atoms with E-state index >= 15 is 0 Å². The first-order chi connectivity index (χ1) is 13.7. The molecule has 1 amide bonds. The number of hydrogen-bond donors (Lipinski definition) is 0. The van der Waals surface area contributed by atoms with E-state index in [1.54, 1.807) is 37.3 Å². The molecule has 4 rings (SSSR count). The van der Waals surface area contributed by atoms with Crippen LogP contribution in [0.25, 0.3) is 11.0 Å². The predicted octanol–water partition coefficient (Wildman–Crippen LogP) is 4.36. The summed E-state index contributed by atoms with van der Waals surface area (Å²) in [6.45, 7) is 1.86. The van der Waals surface area contributed by atoms with Crippen LogP contribution in [-0.2, 0) is 16.4 Å². The van der Waals surface area contributed by atoms with Gasteiger partial charge < -0.3 is 9.32 Å². The molecule has 0 N–H and O–H groups in total. The Bertz CT molecular complexity index is 1200. The van der Waals surface area contributed by atoms with Crippen molar-refractivity contribution in [2.24, 2.45) is 0 Å². The second kappa shape index (κ2) is 7.46. The Hall–Kier alpha value is -2.38. The van der Waals surface area contributed by atoms with Crippen molar-refractivity contribution in [1.82, 2.24) is 4.90 Å². The van der Waals surface area contributed by atoms with Crippen molar-refractivity contribution in [2.45, 2.75) is 25.9 Å². The van der Waals surface area contributed by atoms with Crippen LogP contribution in [0.4, 0.5) is 4.39 Å². The molecule has 5 nitrogen and oxygen atoms in total. The molecule has 8 heteroatoms. The van der Waals surface area contributed by atoms with E-state index in [0.29, 0.717) is 28.2 Å². The van der Waals surface area contributed by atoms with Crippen LogP contribution >= 0.6 is 11.6 Å². The van der Waals surface area contributed by atoms with Crippen LogP contribution in [0.3, 0.4) is 0 Å². The molecule has 1 saturated heterocycles. The SMILES string of the molecule is Cc1c(C(=O)N(Cc2cccc(F)c2)C2CCS(=O)(=O)C2)oc2ccc(Cl)cc12. The van der Waals surface area contributed by atoms with E-state index in [9.17, 15) is 17.6 Å². The van der Waals surface area contributed by atoms with Gasteiger partial charge in [-0.15, -0.1) is 0 Å². The third-order valence-corrected chi connectivity index (χ3v) is 7.23. The van der Waals surface area contributed by atoms with Crippen molar-refractivity contribution in [2.75, 3.05) is 11.5 Å². The normalized spacial score (nSPS) is 18.2. The Morgan fingerprint density at radius 2 is 2.07 bits per heavy atom. The zero-order chi connectivity index (χ0) is 20.8. The van der Waals surface area contributed by atoms with E-state index < -0.39 is 27.6 Å². The van der Waals surface area contributed by atoms with Crippen LogP contribution in [0.1, 0.15) is 28.1 Å². The lowest BCUT2D eigenvalue weighted by Gasteiger charge is -2.28. The number of amides is 1. The molecule has 1 fully saturated rings. The van der Waals surface area contributed by atoms with Crippen molar-refractivity contribution >= 4 is 38.3 Å². The van der Waals surface area contributed by atoms with Crippen LogP contribution in [0, 0.1) is 12.7 Å². The monoisotopic (exact) mass is 435 g/mol. The number of rotatable bonds is 4. The minimum absolute atomic E-state index is 0.0271. The van der Waals surface area contributed by atoms with Gasteiger partial charge in [-0.2, -0.15) is 0 Å². The average molecular weight is 436 g/mol. The fourth-order valence-electron chi connectivity index (χ4n) is 3.75. The molecule has 0 spiro atoms. The number of nitrogens with zero attached hydrogens (tertiary/aromatic N) is 1. The molecule has 1 aromatic heterocycles. The Balaban J connectivity index is 1.74. The lowest BCUT2D eigenvalue weighted by atomic mass is 10.1. The average Bonchev–Trinajstić information content (AvgIpc) is 3.19. The zero-order valence-corrected chi connectivity index (χ0v) is 17.3. The molecule has 0 aliphatic carbocycles. The van der Waals surface area contributed by atoms with Crippen molar-refractivity contribution in [1.29, 1.82) is 0 Å². The van der Waals surface area contributed by atoms with Gasteiger partial charge in [-0.1, -0.05) is 23.7 Å². The molecule has 2 heterocycles. The van der Waals surface area contributed by atoms with E-state index in [1.807, 2.05) is 0 Å². The maximum Gasteiger partial charge on any atom is 0.290 e. The van der Waals surface area contributed by atoms with Gasteiger partial charge in [-0.25, -0.2) is 12.8 Å². The highest BCUT2D eigenvalue weighted by molar-refractivity contribution is 7.91. The largest absolute Gasteiger partial charge is 0.451 e. The highest BCUT2D eigenvalue weighted by atomic mass is 35.5. The number of furan rings is 1. The predicted molar refractivity (Wildman–Crippen MR) is 109 cm³/mol. The minimum atomic E-state index is -3.21. The van der Waals surface area contributed by atoms with Crippen LogP contribution in [-0.4, -0.2) is 36.8 Å². The molecule has 2 aromatic carbocycles. The maximum absolute atomic E-state index is 13.7. The van der Waals surface area contributed by atoms with E-state index in [4.69, 9.17) is 16.0 Å². The molecule has 3 aromatic rings. The summed E-state index contributed by atoms with van der Waals surface area (Å²) in [5.74, 6) is -0.772. The first-order valence-electron chi connectivity index (χ1n) is 9.18. The van der Waals surface area contributed by atoms with Gasteiger partial charge in [0.05, 0.1) is 11.5 Å². The third-order valence-electron chi connectivity index (χ3n) is 5.24. The number of carbonyl (C=O) groups excluding carboxylic acids is 1. The summed E-state index contributed by atoms with van der Waals surface area (Å²) in [5, 5.41) is 1.25. The first kappa shape index (κ1) is 19.9. The minimum Gasteiger partial charge on any atom is -0.451 e. The smallest absolute Gasteiger partial charge is 0.290 e. The summed E-state index contributed by atoms with van der Waals surface area (Å²) >= 11 is 6.06.